The predicted octanol–water partition coefficient (Wildman–Crippen LogP) is 3.38. The highest BCUT2D eigenvalue weighted by molar-refractivity contribution is 5.78. The summed E-state index contributed by atoms with van der Waals surface area (Å²) < 4.78 is 18.4. The van der Waals surface area contributed by atoms with Crippen molar-refractivity contribution in [3.8, 4) is 16.9 Å². The highest BCUT2D eigenvalue weighted by Gasteiger charge is 2.28. The van der Waals surface area contributed by atoms with Crippen molar-refractivity contribution in [2.75, 3.05) is 19.7 Å². The first-order chi connectivity index (χ1) is 14.1. The number of pyridine rings is 1. The van der Waals surface area contributed by atoms with Crippen LogP contribution in [0.15, 0.2) is 55.1 Å². The highest BCUT2D eigenvalue weighted by atomic mass is 19.1. The quantitative estimate of drug-likeness (QED) is 0.666. The van der Waals surface area contributed by atoms with Crippen LogP contribution in [-0.4, -0.2) is 45.5 Å². The van der Waals surface area contributed by atoms with E-state index in [-0.39, 0.29) is 24.2 Å². The molecule has 0 radical (unpaired) electrons. The number of benzene rings is 1. The fraction of sp³-hybridized carbons (Fsp3) is 0.273. The van der Waals surface area contributed by atoms with Crippen LogP contribution in [0.1, 0.15) is 23.7 Å². The van der Waals surface area contributed by atoms with Gasteiger partial charge in [-0.1, -0.05) is 0 Å². The first-order valence-electron chi connectivity index (χ1n) is 9.48. The Morgan fingerprint density at radius 1 is 1.17 bits per heavy atom. The van der Waals surface area contributed by atoms with E-state index in [1.54, 1.807) is 17.3 Å². The number of carbonyl (C=O) groups is 1. The first-order valence-corrected chi connectivity index (χ1v) is 9.48. The van der Waals surface area contributed by atoms with Crippen LogP contribution in [0.5, 0.6) is 5.75 Å². The van der Waals surface area contributed by atoms with Gasteiger partial charge < -0.3 is 9.64 Å². The number of nitrogens with zero attached hydrogens (tertiary/aromatic N) is 4. The monoisotopic (exact) mass is 392 g/mol. The number of hydrogen-bond acceptors (Lipinski definition) is 5. The molecule has 29 heavy (non-hydrogen) atoms. The number of aryl methyl sites for hydroxylation is 1. The smallest absolute Gasteiger partial charge is 0.260 e. The first kappa shape index (κ1) is 19.0. The van der Waals surface area contributed by atoms with Crippen molar-refractivity contribution in [1.82, 2.24) is 19.9 Å². The molecule has 0 bridgehead atoms. The zero-order valence-corrected chi connectivity index (χ0v) is 16.1. The lowest BCUT2D eigenvalue weighted by Gasteiger charge is -2.17. The maximum absolute atomic E-state index is 13.0. The van der Waals surface area contributed by atoms with Gasteiger partial charge in [0.1, 0.15) is 17.9 Å². The summed E-state index contributed by atoms with van der Waals surface area (Å²) in [5.41, 5.74) is 3.86. The third-order valence-corrected chi connectivity index (χ3v) is 5.00. The minimum atomic E-state index is -0.335. The zero-order chi connectivity index (χ0) is 20.2. The Morgan fingerprint density at radius 2 is 1.93 bits per heavy atom. The fourth-order valence-corrected chi connectivity index (χ4v) is 3.51. The maximum Gasteiger partial charge on any atom is 0.260 e. The van der Waals surface area contributed by atoms with Crippen LogP contribution in [0.25, 0.3) is 11.1 Å². The molecule has 0 saturated carbocycles. The van der Waals surface area contributed by atoms with E-state index >= 15 is 0 Å². The number of halogens is 1. The van der Waals surface area contributed by atoms with Crippen LogP contribution in [0.2, 0.25) is 0 Å². The molecule has 1 unspecified atom stereocenters. The van der Waals surface area contributed by atoms with E-state index in [1.807, 2.05) is 13.0 Å². The molecule has 2 aromatic heterocycles. The van der Waals surface area contributed by atoms with E-state index in [0.29, 0.717) is 18.8 Å². The lowest BCUT2D eigenvalue weighted by atomic mass is 10.00. The minimum Gasteiger partial charge on any atom is -0.484 e. The number of hydrogen-bond donors (Lipinski definition) is 0. The van der Waals surface area contributed by atoms with E-state index in [4.69, 9.17) is 9.72 Å². The molecule has 7 heteroatoms. The van der Waals surface area contributed by atoms with Crippen LogP contribution >= 0.6 is 0 Å². The van der Waals surface area contributed by atoms with Gasteiger partial charge in [0.2, 0.25) is 0 Å². The van der Waals surface area contributed by atoms with Crippen molar-refractivity contribution >= 4 is 5.91 Å². The largest absolute Gasteiger partial charge is 0.484 e. The molecule has 1 atom stereocenters. The van der Waals surface area contributed by atoms with Crippen LogP contribution in [0, 0.1) is 12.7 Å². The Bertz CT molecular complexity index is 995. The maximum atomic E-state index is 13.0. The summed E-state index contributed by atoms with van der Waals surface area (Å²) >= 11 is 0. The van der Waals surface area contributed by atoms with Gasteiger partial charge in [-0.2, -0.15) is 0 Å². The summed E-state index contributed by atoms with van der Waals surface area (Å²) in [5, 5.41) is 0. The van der Waals surface area contributed by atoms with Gasteiger partial charge >= 0.3 is 0 Å². The molecule has 1 fully saturated rings. The number of amides is 1. The molecule has 3 aromatic rings. The van der Waals surface area contributed by atoms with E-state index in [2.05, 4.69) is 16.0 Å². The molecule has 0 aliphatic carbocycles. The second-order valence-electron chi connectivity index (χ2n) is 7.12. The molecule has 0 N–H and O–H groups in total. The summed E-state index contributed by atoms with van der Waals surface area (Å²) in [4.78, 5) is 27.2. The Kier molecular flexibility index (Phi) is 5.46. The number of aromatic nitrogens is 3. The third-order valence-electron chi connectivity index (χ3n) is 5.00. The Morgan fingerprint density at radius 3 is 2.69 bits per heavy atom. The topological polar surface area (TPSA) is 68.2 Å². The van der Waals surface area contributed by atoms with Gasteiger partial charge in [0.05, 0.1) is 0 Å². The van der Waals surface area contributed by atoms with Crippen molar-refractivity contribution in [1.29, 1.82) is 0 Å². The van der Waals surface area contributed by atoms with Crippen LogP contribution < -0.4 is 4.74 Å². The normalized spacial score (nSPS) is 16.1. The minimum absolute atomic E-state index is 0.0633. The molecule has 6 nitrogen and oxygen atoms in total. The SMILES string of the molecule is Cc1cc(-c2cncnc2)cc(C2CCN(C(=O)COc3ccc(F)cc3)C2)n1. The Labute approximate surface area is 168 Å². The predicted molar refractivity (Wildman–Crippen MR) is 106 cm³/mol. The molecule has 1 aliphatic heterocycles. The zero-order valence-electron chi connectivity index (χ0n) is 16.1. The molecule has 148 valence electrons. The van der Waals surface area contributed by atoms with Crippen molar-refractivity contribution in [3.63, 3.8) is 0 Å². The van der Waals surface area contributed by atoms with Gasteiger partial charge in [-0.05, 0) is 55.3 Å². The average molecular weight is 392 g/mol. The number of ether oxygens (including phenoxy) is 1. The summed E-state index contributed by atoms with van der Waals surface area (Å²) in [5.74, 6) is 0.234. The Balaban J connectivity index is 1.41. The second-order valence-corrected chi connectivity index (χ2v) is 7.12. The van der Waals surface area contributed by atoms with E-state index in [9.17, 15) is 9.18 Å². The van der Waals surface area contributed by atoms with Gasteiger partial charge in [-0.25, -0.2) is 14.4 Å². The lowest BCUT2D eigenvalue weighted by molar-refractivity contribution is -0.132. The van der Waals surface area contributed by atoms with Gasteiger partial charge in [0, 0.05) is 48.4 Å². The average Bonchev–Trinajstić information content (AvgIpc) is 3.24. The molecule has 4 rings (SSSR count). The highest BCUT2D eigenvalue weighted by Crippen LogP contribution is 2.29. The summed E-state index contributed by atoms with van der Waals surface area (Å²) in [6, 6.07) is 9.71. The van der Waals surface area contributed by atoms with Gasteiger partial charge in [-0.15, -0.1) is 0 Å². The van der Waals surface area contributed by atoms with Crippen molar-refractivity contribution in [3.05, 3.63) is 72.3 Å². The lowest BCUT2D eigenvalue weighted by Crippen LogP contribution is -2.32. The number of likely N-dealkylation sites (tertiary alicyclic amines) is 1. The van der Waals surface area contributed by atoms with Crippen molar-refractivity contribution < 1.29 is 13.9 Å². The van der Waals surface area contributed by atoms with Crippen LogP contribution in [0.3, 0.4) is 0 Å². The molecule has 1 saturated heterocycles. The molecule has 3 heterocycles. The molecular formula is C22H21FN4O2. The molecule has 1 aromatic carbocycles. The second kappa shape index (κ2) is 8.34. The van der Waals surface area contributed by atoms with Crippen molar-refractivity contribution in [2.45, 2.75) is 19.3 Å². The fourth-order valence-electron chi connectivity index (χ4n) is 3.51. The van der Waals surface area contributed by atoms with Crippen LogP contribution in [-0.2, 0) is 4.79 Å². The standard InChI is InChI=1S/C22H21FN4O2/c1-15-8-17(18-10-24-14-25-11-18)9-21(26-15)16-6-7-27(12-16)22(28)13-29-20-4-2-19(23)3-5-20/h2-5,8-11,14,16H,6-7,12-13H2,1H3. The van der Waals surface area contributed by atoms with Gasteiger partial charge in [0.25, 0.3) is 5.91 Å². The van der Waals surface area contributed by atoms with E-state index in [1.165, 1.54) is 30.6 Å². The molecule has 0 spiro atoms. The van der Waals surface area contributed by atoms with E-state index in [0.717, 1.165) is 28.9 Å². The van der Waals surface area contributed by atoms with Gasteiger partial charge in [0.15, 0.2) is 6.61 Å². The number of carbonyl (C=O) groups excluding carboxylic acids is 1. The molecule has 1 aliphatic rings. The van der Waals surface area contributed by atoms with Crippen LogP contribution in [0.4, 0.5) is 4.39 Å². The summed E-state index contributed by atoms with van der Waals surface area (Å²) in [6.07, 6.45) is 5.92. The third kappa shape index (κ3) is 4.56. The summed E-state index contributed by atoms with van der Waals surface area (Å²) in [6.45, 7) is 3.17. The summed E-state index contributed by atoms with van der Waals surface area (Å²) in [7, 11) is 0. The molecular weight excluding hydrogens is 371 g/mol. The van der Waals surface area contributed by atoms with E-state index < -0.39 is 0 Å². The Hall–Kier alpha value is -3.35. The van der Waals surface area contributed by atoms with Crippen molar-refractivity contribution in [2.24, 2.45) is 0 Å². The van der Waals surface area contributed by atoms with Gasteiger partial charge in [-0.3, -0.25) is 9.78 Å². The number of rotatable bonds is 5. The molecule has 1 amide bonds.